The number of rotatable bonds is 9. The summed E-state index contributed by atoms with van der Waals surface area (Å²) < 4.78 is 38.6. The van der Waals surface area contributed by atoms with Crippen molar-refractivity contribution in [3.8, 4) is 17.1 Å². The molecule has 1 aliphatic rings. The first kappa shape index (κ1) is 26.2. The van der Waals surface area contributed by atoms with Gasteiger partial charge in [-0.1, -0.05) is 5.16 Å². The minimum atomic E-state index is -3.91. The second kappa shape index (κ2) is 11.4. The molecule has 0 radical (unpaired) electrons. The van der Waals surface area contributed by atoms with Crippen LogP contribution in [0.3, 0.4) is 0 Å². The zero-order chi connectivity index (χ0) is 25.7. The molecule has 2 aromatic carbocycles. The smallest absolute Gasteiger partial charge is 0.255 e. The number of amides is 1. The fourth-order valence-electron chi connectivity index (χ4n) is 4.04. The maximum Gasteiger partial charge on any atom is 0.255 e. The summed E-state index contributed by atoms with van der Waals surface area (Å²) in [5.41, 5.74) is 1.14. The van der Waals surface area contributed by atoms with E-state index in [0.29, 0.717) is 31.1 Å². The minimum absolute atomic E-state index is 0.0504. The molecule has 0 bridgehead atoms. The number of likely N-dealkylation sites (tertiary alicyclic amines) is 1. The highest BCUT2D eigenvalue weighted by Crippen LogP contribution is 2.28. The second-order valence-corrected chi connectivity index (χ2v) is 11.3. The van der Waals surface area contributed by atoms with Gasteiger partial charge in [0.05, 0.1) is 23.6 Å². The van der Waals surface area contributed by atoms with E-state index in [1.165, 1.54) is 30.9 Å². The van der Waals surface area contributed by atoms with Gasteiger partial charge in [-0.15, -0.1) is 11.8 Å². The van der Waals surface area contributed by atoms with E-state index in [1.54, 1.807) is 11.0 Å². The van der Waals surface area contributed by atoms with Crippen molar-refractivity contribution in [3.05, 3.63) is 53.9 Å². The van der Waals surface area contributed by atoms with Gasteiger partial charge in [0, 0.05) is 30.6 Å². The Morgan fingerprint density at radius 1 is 1.14 bits per heavy atom. The molecule has 0 spiro atoms. The summed E-state index contributed by atoms with van der Waals surface area (Å²) in [7, 11) is -2.46. The van der Waals surface area contributed by atoms with Crippen molar-refractivity contribution in [1.29, 1.82) is 0 Å². The van der Waals surface area contributed by atoms with E-state index in [2.05, 4.69) is 10.1 Å². The Morgan fingerprint density at radius 3 is 2.53 bits per heavy atom. The molecule has 192 valence electrons. The summed E-state index contributed by atoms with van der Waals surface area (Å²) in [5.74, 6) is 1.13. The second-order valence-electron chi connectivity index (χ2n) is 8.45. The Balaban J connectivity index is 1.52. The van der Waals surface area contributed by atoms with Crippen LogP contribution in [0.25, 0.3) is 11.4 Å². The molecule has 0 unspecified atom stereocenters. The van der Waals surface area contributed by atoms with Crippen LogP contribution >= 0.6 is 11.8 Å². The fraction of sp³-hybridized carbons (Fsp3) is 0.400. The monoisotopic (exact) mass is 530 g/mol. The quantitative estimate of drug-likeness (QED) is 0.377. The van der Waals surface area contributed by atoms with Gasteiger partial charge in [-0.05, 0) is 74.9 Å². The Hall–Kier alpha value is -2.89. The molecular formula is C25H30N4O5S2. The number of sulfonamides is 1. The average molecular weight is 531 g/mol. The number of aromatic nitrogens is 2. The molecule has 1 amide bonds. The molecule has 4 rings (SSSR count). The highest BCUT2D eigenvalue weighted by Gasteiger charge is 2.27. The van der Waals surface area contributed by atoms with E-state index < -0.39 is 10.0 Å². The standard InChI is InChI=1S/C25H30N4O5S2/c1-4-33-19-10-8-18(9-11-19)24-26-23(34-27-24)17-28(2)36(31,32)20-12-13-22(35-3)21(16-20)25(30)29-14-6-5-7-15-29/h8-13,16H,4-7,14-15,17H2,1-3H3. The third kappa shape index (κ3) is 5.74. The van der Waals surface area contributed by atoms with Crippen molar-refractivity contribution in [2.45, 2.75) is 42.5 Å². The summed E-state index contributed by atoms with van der Waals surface area (Å²) in [4.78, 5) is 20.1. The van der Waals surface area contributed by atoms with Gasteiger partial charge in [0.1, 0.15) is 5.75 Å². The fourth-order valence-corrected chi connectivity index (χ4v) is 5.76. The van der Waals surface area contributed by atoms with Gasteiger partial charge in [-0.3, -0.25) is 4.79 Å². The first-order valence-electron chi connectivity index (χ1n) is 11.8. The molecular weight excluding hydrogens is 500 g/mol. The number of carbonyl (C=O) groups excluding carboxylic acids is 1. The molecule has 0 aliphatic carbocycles. The molecule has 11 heteroatoms. The third-order valence-electron chi connectivity index (χ3n) is 6.00. The highest BCUT2D eigenvalue weighted by atomic mass is 32.2. The highest BCUT2D eigenvalue weighted by molar-refractivity contribution is 7.98. The number of carbonyl (C=O) groups is 1. The van der Waals surface area contributed by atoms with E-state index in [-0.39, 0.29) is 23.2 Å². The van der Waals surface area contributed by atoms with Crippen molar-refractivity contribution < 1.29 is 22.5 Å². The van der Waals surface area contributed by atoms with Crippen LogP contribution in [0.4, 0.5) is 0 Å². The van der Waals surface area contributed by atoms with Crippen LogP contribution in [0.5, 0.6) is 5.75 Å². The van der Waals surface area contributed by atoms with E-state index in [9.17, 15) is 13.2 Å². The topological polar surface area (TPSA) is 106 Å². The van der Waals surface area contributed by atoms with Gasteiger partial charge in [0.15, 0.2) is 0 Å². The molecule has 0 saturated carbocycles. The summed E-state index contributed by atoms with van der Waals surface area (Å²) in [6.07, 6.45) is 4.91. The first-order chi connectivity index (χ1) is 17.3. The van der Waals surface area contributed by atoms with Gasteiger partial charge < -0.3 is 14.2 Å². The number of nitrogens with zero attached hydrogens (tertiary/aromatic N) is 4. The number of piperidine rings is 1. The molecule has 2 heterocycles. The predicted molar refractivity (Wildman–Crippen MR) is 138 cm³/mol. The molecule has 1 aromatic heterocycles. The van der Waals surface area contributed by atoms with Crippen LogP contribution in [-0.2, 0) is 16.6 Å². The molecule has 3 aromatic rings. The summed E-state index contributed by atoms with van der Waals surface area (Å²) in [5, 5.41) is 3.98. The van der Waals surface area contributed by atoms with Crippen LogP contribution in [0.2, 0.25) is 0 Å². The largest absolute Gasteiger partial charge is 0.494 e. The first-order valence-corrected chi connectivity index (χ1v) is 14.5. The van der Waals surface area contributed by atoms with E-state index >= 15 is 0 Å². The van der Waals surface area contributed by atoms with Gasteiger partial charge in [0.2, 0.25) is 21.7 Å². The number of hydrogen-bond acceptors (Lipinski definition) is 8. The Morgan fingerprint density at radius 2 is 1.86 bits per heavy atom. The summed E-state index contributed by atoms with van der Waals surface area (Å²) in [6.45, 7) is 3.76. The van der Waals surface area contributed by atoms with Crippen molar-refractivity contribution in [2.24, 2.45) is 0 Å². The van der Waals surface area contributed by atoms with E-state index in [0.717, 1.165) is 39.8 Å². The lowest BCUT2D eigenvalue weighted by Crippen LogP contribution is -2.36. The average Bonchev–Trinajstić information content (AvgIpc) is 3.37. The van der Waals surface area contributed by atoms with Crippen LogP contribution in [0, 0.1) is 0 Å². The van der Waals surface area contributed by atoms with Crippen LogP contribution in [-0.4, -0.2) is 66.7 Å². The predicted octanol–water partition coefficient (Wildman–Crippen LogP) is 4.30. The Bertz CT molecular complexity index is 1300. The summed E-state index contributed by atoms with van der Waals surface area (Å²) in [6, 6.07) is 12.0. The Kier molecular flexibility index (Phi) is 8.32. The normalized spacial score (nSPS) is 14.3. The van der Waals surface area contributed by atoms with E-state index in [4.69, 9.17) is 9.26 Å². The minimum Gasteiger partial charge on any atom is -0.494 e. The van der Waals surface area contributed by atoms with Crippen molar-refractivity contribution in [3.63, 3.8) is 0 Å². The van der Waals surface area contributed by atoms with Crippen LogP contribution < -0.4 is 4.74 Å². The van der Waals surface area contributed by atoms with E-state index in [1.807, 2.05) is 37.4 Å². The number of hydrogen-bond donors (Lipinski definition) is 0. The molecule has 0 atom stereocenters. The molecule has 1 fully saturated rings. The van der Waals surface area contributed by atoms with Crippen molar-refractivity contribution in [2.75, 3.05) is 33.0 Å². The van der Waals surface area contributed by atoms with Crippen LogP contribution in [0.1, 0.15) is 42.4 Å². The lowest BCUT2D eigenvalue weighted by Gasteiger charge is -2.27. The molecule has 1 saturated heterocycles. The third-order valence-corrected chi connectivity index (χ3v) is 8.60. The van der Waals surface area contributed by atoms with Crippen molar-refractivity contribution in [1.82, 2.24) is 19.3 Å². The van der Waals surface area contributed by atoms with Gasteiger partial charge in [-0.25, -0.2) is 8.42 Å². The van der Waals surface area contributed by atoms with Crippen LogP contribution in [0.15, 0.2) is 56.8 Å². The van der Waals surface area contributed by atoms with Gasteiger partial charge >= 0.3 is 0 Å². The maximum atomic E-state index is 13.4. The maximum absolute atomic E-state index is 13.4. The number of benzene rings is 2. The molecule has 0 N–H and O–H groups in total. The number of thioether (sulfide) groups is 1. The van der Waals surface area contributed by atoms with Gasteiger partial charge in [0.25, 0.3) is 5.91 Å². The number of ether oxygens (including phenoxy) is 1. The Labute approximate surface area is 215 Å². The molecule has 9 nitrogen and oxygen atoms in total. The SMILES string of the molecule is CCOc1ccc(-c2noc(CN(C)S(=O)(=O)c3ccc(SC)c(C(=O)N4CCCCC4)c3)n2)cc1. The lowest BCUT2D eigenvalue weighted by atomic mass is 10.1. The zero-order valence-corrected chi connectivity index (χ0v) is 22.3. The summed E-state index contributed by atoms with van der Waals surface area (Å²) >= 11 is 1.43. The lowest BCUT2D eigenvalue weighted by molar-refractivity contribution is 0.0720. The molecule has 36 heavy (non-hydrogen) atoms. The van der Waals surface area contributed by atoms with Gasteiger partial charge in [-0.2, -0.15) is 9.29 Å². The van der Waals surface area contributed by atoms with Crippen molar-refractivity contribution >= 4 is 27.7 Å². The molecule has 1 aliphatic heterocycles. The zero-order valence-electron chi connectivity index (χ0n) is 20.6.